The van der Waals surface area contributed by atoms with Crippen LogP contribution >= 0.6 is 11.3 Å². The highest BCUT2D eigenvalue weighted by atomic mass is 32.1. The van der Waals surface area contributed by atoms with Crippen molar-refractivity contribution in [1.29, 1.82) is 0 Å². The molecule has 0 aliphatic rings. The second kappa shape index (κ2) is 8.06. The topological polar surface area (TPSA) is 49.3 Å². The molecule has 0 fully saturated rings. The van der Waals surface area contributed by atoms with Crippen LogP contribution < -0.4 is 5.32 Å². The molecular weight excluding hydrogens is 301 g/mol. The average molecular weight is 321 g/mol. The number of rotatable bonds is 7. The molecule has 118 valence electrons. The van der Waals surface area contributed by atoms with E-state index in [2.05, 4.69) is 5.32 Å². The number of carbonyl (C=O) groups excluding carboxylic acids is 1. The summed E-state index contributed by atoms with van der Waals surface area (Å²) in [5, 5.41) is 17.0. The Kier molecular flexibility index (Phi) is 6.10. The molecular formula is C17H20FNO2S. The van der Waals surface area contributed by atoms with Gasteiger partial charge in [-0.05, 0) is 59.9 Å². The zero-order valence-corrected chi connectivity index (χ0v) is 13.3. The Morgan fingerprint density at radius 3 is 2.68 bits per heavy atom. The molecule has 2 unspecified atom stereocenters. The third kappa shape index (κ3) is 5.24. The summed E-state index contributed by atoms with van der Waals surface area (Å²) in [6.07, 6.45) is 0.847. The molecule has 0 spiro atoms. The summed E-state index contributed by atoms with van der Waals surface area (Å²) in [7, 11) is 0. The Morgan fingerprint density at radius 1 is 1.32 bits per heavy atom. The van der Waals surface area contributed by atoms with Gasteiger partial charge in [0.05, 0.1) is 6.10 Å². The van der Waals surface area contributed by atoms with Crippen LogP contribution in [0.15, 0.2) is 41.1 Å². The quantitative estimate of drug-likeness (QED) is 0.820. The number of carbonyl (C=O) groups is 1. The van der Waals surface area contributed by atoms with Crippen molar-refractivity contribution in [1.82, 2.24) is 5.32 Å². The fraction of sp³-hybridized carbons (Fsp3) is 0.353. The van der Waals surface area contributed by atoms with Crippen molar-refractivity contribution in [3.05, 3.63) is 58.0 Å². The van der Waals surface area contributed by atoms with Crippen molar-refractivity contribution in [2.75, 3.05) is 0 Å². The molecule has 1 amide bonds. The molecule has 3 nitrogen and oxygen atoms in total. The molecule has 5 heteroatoms. The van der Waals surface area contributed by atoms with Gasteiger partial charge in [0.2, 0.25) is 5.91 Å². The van der Waals surface area contributed by atoms with Crippen molar-refractivity contribution in [3.63, 3.8) is 0 Å². The number of aliphatic hydroxyl groups is 1. The van der Waals surface area contributed by atoms with Crippen molar-refractivity contribution in [2.45, 2.75) is 38.3 Å². The van der Waals surface area contributed by atoms with Crippen LogP contribution in [-0.2, 0) is 11.2 Å². The lowest BCUT2D eigenvalue weighted by molar-refractivity contribution is -0.121. The first-order valence-electron chi connectivity index (χ1n) is 7.28. The molecule has 0 radical (unpaired) electrons. The minimum absolute atomic E-state index is 0.0231. The van der Waals surface area contributed by atoms with Crippen LogP contribution in [-0.4, -0.2) is 17.1 Å². The van der Waals surface area contributed by atoms with Gasteiger partial charge in [0.15, 0.2) is 0 Å². The van der Waals surface area contributed by atoms with Crippen molar-refractivity contribution in [2.24, 2.45) is 0 Å². The molecule has 1 aromatic heterocycles. The number of thiophene rings is 1. The Labute approximate surface area is 133 Å². The Morgan fingerprint density at radius 2 is 2.05 bits per heavy atom. The van der Waals surface area contributed by atoms with Crippen LogP contribution in [0.3, 0.4) is 0 Å². The van der Waals surface area contributed by atoms with Gasteiger partial charge in [0.1, 0.15) is 5.82 Å². The zero-order valence-electron chi connectivity index (χ0n) is 12.5. The van der Waals surface area contributed by atoms with Gasteiger partial charge in [0, 0.05) is 12.5 Å². The van der Waals surface area contributed by atoms with E-state index in [0.717, 1.165) is 6.42 Å². The maximum absolute atomic E-state index is 12.8. The summed E-state index contributed by atoms with van der Waals surface area (Å²) in [4.78, 5) is 11.9. The van der Waals surface area contributed by atoms with E-state index in [-0.39, 0.29) is 17.8 Å². The van der Waals surface area contributed by atoms with Gasteiger partial charge in [-0.15, -0.1) is 0 Å². The first-order valence-corrected chi connectivity index (χ1v) is 8.23. The summed E-state index contributed by atoms with van der Waals surface area (Å²) in [5.74, 6) is -0.351. The van der Waals surface area contributed by atoms with E-state index in [4.69, 9.17) is 0 Å². The van der Waals surface area contributed by atoms with E-state index in [1.54, 1.807) is 23.5 Å². The first-order chi connectivity index (χ1) is 10.5. The third-order valence-electron chi connectivity index (χ3n) is 3.46. The molecule has 0 aliphatic heterocycles. The number of aryl methyl sites for hydroxylation is 1. The lowest BCUT2D eigenvalue weighted by Crippen LogP contribution is -2.33. The van der Waals surface area contributed by atoms with Gasteiger partial charge < -0.3 is 10.4 Å². The van der Waals surface area contributed by atoms with Gasteiger partial charge in [-0.3, -0.25) is 4.79 Å². The average Bonchev–Trinajstić information content (AvgIpc) is 2.99. The number of halogens is 1. The summed E-state index contributed by atoms with van der Waals surface area (Å²) in [5.41, 5.74) is 1.82. The molecule has 0 bridgehead atoms. The number of nitrogens with one attached hydrogen (secondary N) is 1. The zero-order chi connectivity index (χ0) is 15.9. The second-order valence-corrected chi connectivity index (χ2v) is 6.18. The minimum Gasteiger partial charge on any atom is -0.388 e. The van der Waals surface area contributed by atoms with Crippen molar-refractivity contribution in [3.8, 4) is 0 Å². The van der Waals surface area contributed by atoms with Gasteiger partial charge in [-0.2, -0.15) is 11.3 Å². The Hall–Kier alpha value is -1.72. The van der Waals surface area contributed by atoms with Gasteiger partial charge in [-0.1, -0.05) is 12.1 Å². The molecule has 2 rings (SSSR count). The van der Waals surface area contributed by atoms with Gasteiger partial charge in [-0.25, -0.2) is 4.39 Å². The molecule has 0 saturated carbocycles. The highest BCUT2D eigenvalue weighted by Crippen LogP contribution is 2.18. The van der Waals surface area contributed by atoms with E-state index in [0.29, 0.717) is 18.4 Å². The van der Waals surface area contributed by atoms with Crippen LogP contribution in [0.25, 0.3) is 0 Å². The van der Waals surface area contributed by atoms with Crippen molar-refractivity contribution >= 4 is 17.2 Å². The first kappa shape index (κ1) is 16.6. The van der Waals surface area contributed by atoms with E-state index in [9.17, 15) is 14.3 Å². The van der Waals surface area contributed by atoms with Crippen LogP contribution in [0, 0.1) is 5.82 Å². The fourth-order valence-corrected chi connectivity index (χ4v) is 2.96. The third-order valence-corrected chi connectivity index (χ3v) is 4.19. The highest BCUT2D eigenvalue weighted by molar-refractivity contribution is 7.07. The monoisotopic (exact) mass is 321 g/mol. The molecule has 1 heterocycles. The Balaban J connectivity index is 1.75. The van der Waals surface area contributed by atoms with E-state index < -0.39 is 6.10 Å². The molecule has 2 aromatic rings. The lowest BCUT2D eigenvalue weighted by atomic mass is 10.0. The standard InChI is InChI=1S/C17H20FNO2S/c1-12(10-16(20)14-3-5-15(18)6-4-14)19-17(21)7-2-13-8-9-22-11-13/h3-6,8-9,11-12,16,20H,2,7,10H2,1H3,(H,19,21). The van der Waals surface area contributed by atoms with Gasteiger partial charge >= 0.3 is 0 Å². The largest absolute Gasteiger partial charge is 0.388 e. The normalized spacial score (nSPS) is 13.6. The summed E-state index contributed by atoms with van der Waals surface area (Å²) < 4.78 is 12.8. The fourth-order valence-electron chi connectivity index (χ4n) is 2.25. The molecule has 0 aliphatic carbocycles. The smallest absolute Gasteiger partial charge is 0.220 e. The van der Waals surface area contributed by atoms with Crippen molar-refractivity contribution < 1.29 is 14.3 Å². The highest BCUT2D eigenvalue weighted by Gasteiger charge is 2.14. The number of hydrogen-bond acceptors (Lipinski definition) is 3. The minimum atomic E-state index is -0.715. The lowest BCUT2D eigenvalue weighted by Gasteiger charge is -2.18. The molecule has 0 saturated heterocycles. The summed E-state index contributed by atoms with van der Waals surface area (Å²) >= 11 is 1.62. The van der Waals surface area contributed by atoms with Crippen LogP contribution in [0.2, 0.25) is 0 Å². The predicted octanol–water partition coefficient (Wildman–Crippen LogP) is 3.45. The van der Waals surface area contributed by atoms with Crippen LogP contribution in [0.5, 0.6) is 0 Å². The van der Waals surface area contributed by atoms with E-state index >= 15 is 0 Å². The maximum atomic E-state index is 12.8. The molecule has 1 aromatic carbocycles. The van der Waals surface area contributed by atoms with E-state index in [1.807, 2.05) is 23.8 Å². The Bertz CT molecular complexity index is 583. The van der Waals surface area contributed by atoms with Gasteiger partial charge in [0.25, 0.3) is 0 Å². The van der Waals surface area contributed by atoms with E-state index in [1.165, 1.54) is 17.7 Å². The SMILES string of the molecule is CC(CC(O)c1ccc(F)cc1)NC(=O)CCc1ccsc1. The molecule has 2 N–H and O–H groups in total. The second-order valence-electron chi connectivity index (χ2n) is 5.40. The van der Waals surface area contributed by atoms with Crippen LogP contribution in [0.4, 0.5) is 4.39 Å². The number of benzene rings is 1. The summed E-state index contributed by atoms with van der Waals surface area (Å²) in [6.45, 7) is 1.86. The summed E-state index contributed by atoms with van der Waals surface area (Å²) in [6, 6.07) is 7.64. The number of hydrogen-bond donors (Lipinski definition) is 2. The predicted molar refractivity (Wildman–Crippen MR) is 86.2 cm³/mol. The molecule has 22 heavy (non-hydrogen) atoms. The maximum Gasteiger partial charge on any atom is 0.220 e. The number of amides is 1. The number of aliphatic hydroxyl groups excluding tert-OH is 1. The molecule has 2 atom stereocenters. The van der Waals surface area contributed by atoms with Crippen LogP contribution in [0.1, 0.15) is 37.0 Å².